The third kappa shape index (κ3) is 3.28. The molecule has 1 aromatic carbocycles. The van der Waals surface area contributed by atoms with Gasteiger partial charge in [-0.05, 0) is 28.6 Å². The van der Waals surface area contributed by atoms with Crippen molar-refractivity contribution in [2.24, 2.45) is 0 Å². The Morgan fingerprint density at radius 3 is 2.44 bits per heavy atom. The first-order chi connectivity index (χ1) is 12.0. The lowest BCUT2D eigenvalue weighted by molar-refractivity contribution is -0.132. The van der Waals surface area contributed by atoms with Gasteiger partial charge < -0.3 is 9.80 Å². The minimum atomic E-state index is -0.775. The molecule has 1 aromatic heterocycles. The number of tetrazole rings is 1. The molecule has 132 valence electrons. The molecule has 1 fully saturated rings. The summed E-state index contributed by atoms with van der Waals surface area (Å²) in [6, 6.07) is 4.67. The van der Waals surface area contributed by atoms with Crippen LogP contribution in [0, 0.1) is 5.82 Å². The molecule has 10 heteroatoms. The van der Waals surface area contributed by atoms with Gasteiger partial charge in [0.2, 0.25) is 5.91 Å². The number of hydrogen-bond acceptors (Lipinski definition) is 5. The third-order valence-electron chi connectivity index (χ3n) is 4.02. The summed E-state index contributed by atoms with van der Waals surface area (Å²) in [5.41, 5.74) is -0.593. The molecule has 0 aliphatic carbocycles. The molecule has 1 saturated heterocycles. The highest BCUT2D eigenvalue weighted by atomic mass is 19.1. The molecule has 3 rings (SSSR count). The number of nitrogens with zero attached hydrogens (tertiary/aromatic N) is 6. The summed E-state index contributed by atoms with van der Waals surface area (Å²) < 4.78 is 14.8. The maximum absolute atomic E-state index is 13.3. The van der Waals surface area contributed by atoms with Gasteiger partial charge in [0.1, 0.15) is 5.82 Å². The summed E-state index contributed by atoms with van der Waals surface area (Å²) in [4.78, 5) is 39.6. The Morgan fingerprint density at radius 1 is 1.12 bits per heavy atom. The highest BCUT2D eigenvalue weighted by Gasteiger charge is 2.26. The van der Waals surface area contributed by atoms with E-state index in [0.29, 0.717) is 37.3 Å². The first-order valence-corrected chi connectivity index (χ1v) is 7.89. The normalized spacial score (nSPS) is 14.6. The minimum Gasteiger partial charge on any atom is -0.339 e. The second-order valence-electron chi connectivity index (χ2n) is 5.57. The average Bonchev–Trinajstić information content (AvgIpc) is 3.02. The molecular weight excluding hydrogens is 331 g/mol. The molecule has 9 nitrogen and oxygen atoms in total. The average molecular weight is 348 g/mol. The van der Waals surface area contributed by atoms with Gasteiger partial charge in [0.15, 0.2) is 0 Å². The highest BCUT2D eigenvalue weighted by Crippen LogP contribution is 2.07. The molecule has 0 saturated carbocycles. The number of amides is 2. The summed E-state index contributed by atoms with van der Waals surface area (Å²) in [5, 5.41) is 7.23. The van der Waals surface area contributed by atoms with Crippen molar-refractivity contribution in [1.29, 1.82) is 0 Å². The molecule has 0 N–H and O–H groups in total. The second-order valence-corrected chi connectivity index (χ2v) is 5.57. The Balaban J connectivity index is 1.76. The van der Waals surface area contributed by atoms with Crippen LogP contribution in [0.15, 0.2) is 29.1 Å². The third-order valence-corrected chi connectivity index (χ3v) is 4.02. The summed E-state index contributed by atoms with van der Waals surface area (Å²) in [6.45, 7) is 3.22. The summed E-state index contributed by atoms with van der Waals surface area (Å²) in [5.74, 6) is -0.497. The molecule has 0 atom stereocenters. The number of piperazine rings is 1. The van der Waals surface area contributed by atoms with Crippen molar-refractivity contribution in [2.45, 2.75) is 13.3 Å². The standard InChI is InChI=1S/C15H17FN6O3/c1-2-13(23)19-6-8-20(9-7-19)14(24)22-15(25)21(17-18-22)12-5-3-4-11(16)10-12/h3-5,10H,2,6-9H2,1H3. The van der Waals surface area contributed by atoms with Crippen molar-refractivity contribution in [3.05, 3.63) is 40.6 Å². The van der Waals surface area contributed by atoms with Gasteiger partial charge in [0, 0.05) is 32.6 Å². The molecular formula is C15H17FN6O3. The first kappa shape index (κ1) is 16.8. The van der Waals surface area contributed by atoms with E-state index in [4.69, 9.17) is 0 Å². The van der Waals surface area contributed by atoms with E-state index in [1.54, 1.807) is 11.8 Å². The Kier molecular flexibility index (Phi) is 4.59. The van der Waals surface area contributed by atoms with E-state index < -0.39 is 17.5 Å². The van der Waals surface area contributed by atoms with Crippen LogP contribution in [-0.2, 0) is 4.79 Å². The van der Waals surface area contributed by atoms with Gasteiger partial charge in [-0.15, -0.1) is 4.68 Å². The summed E-state index contributed by atoms with van der Waals surface area (Å²) >= 11 is 0. The van der Waals surface area contributed by atoms with Crippen LogP contribution in [0.25, 0.3) is 5.69 Å². The van der Waals surface area contributed by atoms with Crippen LogP contribution in [0.4, 0.5) is 9.18 Å². The lowest BCUT2D eigenvalue weighted by atomic mass is 10.3. The van der Waals surface area contributed by atoms with Gasteiger partial charge in [-0.3, -0.25) is 4.79 Å². The highest BCUT2D eigenvalue weighted by molar-refractivity contribution is 5.78. The van der Waals surface area contributed by atoms with E-state index in [0.717, 1.165) is 10.7 Å². The number of aromatic nitrogens is 4. The lowest BCUT2D eigenvalue weighted by Crippen LogP contribution is -2.52. The van der Waals surface area contributed by atoms with Gasteiger partial charge in [-0.1, -0.05) is 13.0 Å². The van der Waals surface area contributed by atoms with Gasteiger partial charge in [-0.25, -0.2) is 14.0 Å². The maximum Gasteiger partial charge on any atom is 0.377 e. The molecule has 0 bridgehead atoms. The molecule has 0 spiro atoms. The fourth-order valence-corrected chi connectivity index (χ4v) is 2.64. The smallest absolute Gasteiger partial charge is 0.339 e. The first-order valence-electron chi connectivity index (χ1n) is 7.89. The second kappa shape index (κ2) is 6.83. The van der Waals surface area contributed by atoms with E-state index in [1.165, 1.54) is 23.1 Å². The number of carbonyl (C=O) groups is 2. The van der Waals surface area contributed by atoms with E-state index >= 15 is 0 Å². The fourth-order valence-electron chi connectivity index (χ4n) is 2.64. The number of halogens is 1. The lowest BCUT2D eigenvalue weighted by Gasteiger charge is -2.33. The number of carbonyl (C=O) groups excluding carboxylic acids is 2. The van der Waals surface area contributed by atoms with Crippen LogP contribution >= 0.6 is 0 Å². The van der Waals surface area contributed by atoms with Crippen molar-refractivity contribution in [2.75, 3.05) is 26.2 Å². The van der Waals surface area contributed by atoms with Crippen LogP contribution in [-0.4, -0.2) is 67.7 Å². The number of rotatable bonds is 2. The zero-order chi connectivity index (χ0) is 18.0. The Bertz CT molecular complexity index is 853. The van der Waals surface area contributed by atoms with Crippen molar-refractivity contribution < 1.29 is 14.0 Å². The van der Waals surface area contributed by atoms with Crippen molar-refractivity contribution in [3.63, 3.8) is 0 Å². The quantitative estimate of drug-likeness (QED) is 0.717. The Labute approximate surface area is 142 Å². The predicted octanol–water partition coefficient (Wildman–Crippen LogP) is 0.0904. The molecule has 1 aliphatic rings. The molecule has 1 aliphatic heterocycles. The van der Waals surface area contributed by atoms with Gasteiger partial charge in [0.25, 0.3) is 0 Å². The summed E-state index contributed by atoms with van der Waals surface area (Å²) in [6.07, 6.45) is 0.412. The zero-order valence-electron chi connectivity index (χ0n) is 13.6. The van der Waals surface area contributed by atoms with Crippen LogP contribution < -0.4 is 5.69 Å². The minimum absolute atomic E-state index is 0.0290. The van der Waals surface area contributed by atoms with Crippen LogP contribution in [0.1, 0.15) is 13.3 Å². The SMILES string of the molecule is CCC(=O)N1CCN(C(=O)n2nnn(-c3cccc(F)c3)c2=O)CC1. The monoisotopic (exact) mass is 348 g/mol. The molecule has 0 unspecified atom stereocenters. The van der Waals surface area contributed by atoms with Crippen LogP contribution in [0.5, 0.6) is 0 Å². The Hall–Kier alpha value is -3.04. The van der Waals surface area contributed by atoms with E-state index in [1.807, 2.05) is 0 Å². The Morgan fingerprint density at radius 2 is 1.80 bits per heavy atom. The van der Waals surface area contributed by atoms with E-state index in [9.17, 15) is 18.8 Å². The summed E-state index contributed by atoms with van der Waals surface area (Å²) in [7, 11) is 0. The molecule has 0 radical (unpaired) electrons. The molecule has 2 amide bonds. The van der Waals surface area contributed by atoms with E-state index in [2.05, 4.69) is 10.4 Å². The van der Waals surface area contributed by atoms with Crippen molar-refractivity contribution in [1.82, 2.24) is 29.6 Å². The van der Waals surface area contributed by atoms with Gasteiger partial charge in [0.05, 0.1) is 5.69 Å². The van der Waals surface area contributed by atoms with Gasteiger partial charge >= 0.3 is 11.7 Å². The maximum atomic E-state index is 13.3. The molecule has 25 heavy (non-hydrogen) atoms. The number of benzene rings is 1. The largest absolute Gasteiger partial charge is 0.377 e. The number of hydrogen-bond donors (Lipinski definition) is 0. The molecule has 2 heterocycles. The fraction of sp³-hybridized carbons (Fsp3) is 0.400. The van der Waals surface area contributed by atoms with Crippen LogP contribution in [0.3, 0.4) is 0 Å². The predicted molar refractivity (Wildman–Crippen MR) is 84.8 cm³/mol. The molecule has 2 aromatic rings. The topological polar surface area (TPSA) is 93.3 Å². The zero-order valence-corrected chi connectivity index (χ0v) is 13.6. The van der Waals surface area contributed by atoms with Gasteiger partial charge in [-0.2, -0.15) is 4.68 Å². The van der Waals surface area contributed by atoms with Crippen molar-refractivity contribution >= 4 is 11.9 Å². The van der Waals surface area contributed by atoms with E-state index in [-0.39, 0.29) is 11.6 Å². The van der Waals surface area contributed by atoms with Crippen LogP contribution in [0.2, 0.25) is 0 Å². The van der Waals surface area contributed by atoms with Crippen molar-refractivity contribution in [3.8, 4) is 5.69 Å².